The van der Waals surface area contributed by atoms with E-state index in [1.165, 1.54) is 4.90 Å². The molecule has 128 valence electrons. The zero-order valence-electron chi connectivity index (χ0n) is 12.9. The first kappa shape index (κ1) is 17.7. The molecule has 1 aliphatic rings. The molecule has 1 fully saturated rings. The second-order valence-electron chi connectivity index (χ2n) is 5.70. The van der Waals surface area contributed by atoms with Crippen molar-refractivity contribution in [1.82, 2.24) is 9.80 Å². The third kappa shape index (κ3) is 5.51. The molecule has 7 heteroatoms. The molecule has 23 heavy (non-hydrogen) atoms. The molecule has 1 amide bonds. The predicted octanol–water partition coefficient (Wildman–Crippen LogP) is 2.17. The van der Waals surface area contributed by atoms with Gasteiger partial charge < -0.3 is 10.0 Å². The first-order valence-corrected chi connectivity index (χ1v) is 7.63. The molecule has 0 aromatic heterocycles. The molecule has 0 radical (unpaired) electrons. The summed E-state index contributed by atoms with van der Waals surface area (Å²) in [6.45, 7) is 2.78. The lowest BCUT2D eigenvalue weighted by Gasteiger charge is -2.35. The van der Waals surface area contributed by atoms with Crippen molar-refractivity contribution in [2.45, 2.75) is 32.2 Å². The first-order chi connectivity index (χ1) is 10.9. The Kier molecular flexibility index (Phi) is 6.01. The van der Waals surface area contributed by atoms with E-state index in [-0.39, 0.29) is 6.61 Å². The predicted molar refractivity (Wildman–Crippen MR) is 79.5 cm³/mol. The monoisotopic (exact) mass is 330 g/mol. The Balaban J connectivity index is 1.81. The zero-order chi connectivity index (χ0) is 16.9. The van der Waals surface area contributed by atoms with Gasteiger partial charge in [0.25, 0.3) is 0 Å². The number of carbonyl (C=O) groups is 1. The van der Waals surface area contributed by atoms with E-state index in [1.54, 1.807) is 0 Å². The lowest BCUT2D eigenvalue weighted by molar-refractivity contribution is -0.150. The number of hydrogen-bond acceptors (Lipinski definition) is 3. The highest BCUT2D eigenvalue weighted by Gasteiger charge is 2.30. The molecule has 1 aromatic rings. The van der Waals surface area contributed by atoms with Crippen LogP contribution in [0.1, 0.15) is 24.0 Å². The number of rotatable bonds is 5. The number of piperazine rings is 1. The molecule has 1 aromatic carbocycles. The van der Waals surface area contributed by atoms with Gasteiger partial charge in [-0.1, -0.05) is 24.3 Å². The van der Waals surface area contributed by atoms with Crippen LogP contribution in [-0.4, -0.2) is 53.2 Å². The van der Waals surface area contributed by atoms with E-state index >= 15 is 0 Å². The average Bonchev–Trinajstić information content (AvgIpc) is 2.53. The quantitative estimate of drug-likeness (QED) is 0.900. The Morgan fingerprint density at radius 3 is 2.26 bits per heavy atom. The number of carbonyl (C=O) groups excluding carboxylic acids is 1. The lowest BCUT2D eigenvalue weighted by atomic mass is 10.1. The van der Waals surface area contributed by atoms with Gasteiger partial charge in [-0.2, -0.15) is 13.2 Å². The molecule has 1 aliphatic heterocycles. The number of aliphatic hydroxyl groups excluding tert-OH is 1. The molecule has 0 aliphatic carbocycles. The third-order valence-corrected chi connectivity index (χ3v) is 4.03. The van der Waals surface area contributed by atoms with Gasteiger partial charge in [0.1, 0.15) is 0 Å². The molecule has 1 heterocycles. The summed E-state index contributed by atoms with van der Waals surface area (Å²) < 4.78 is 36.5. The fourth-order valence-electron chi connectivity index (χ4n) is 2.67. The Morgan fingerprint density at radius 1 is 1.09 bits per heavy atom. The van der Waals surface area contributed by atoms with E-state index in [1.807, 2.05) is 24.3 Å². The standard InChI is InChI=1S/C16H21F3N2O2/c17-16(18,19)6-5-15(23)21-9-7-20(8-10-21)11-13-3-1-2-4-14(13)12-22/h1-4,22H,5-12H2. The van der Waals surface area contributed by atoms with Gasteiger partial charge >= 0.3 is 6.18 Å². The number of halogens is 3. The average molecular weight is 330 g/mol. The normalized spacial score (nSPS) is 16.6. The second kappa shape index (κ2) is 7.79. The molecular formula is C16H21F3N2O2. The molecule has 1 saturated heterocycles. The highest BCUT2D eigenvalue weighted by molar-refractivity contribution is 5.76. The topological polar surface area (TPSA) is 43.8 Å². The van der Waals surface area contributed by atoms with Crippen molar-refractivity contribution in [2.24, 2.45) is 0 Å². The van der Waals surface area contributed by atoms with Crippen LogP contribution in [0.5, 0.6) is 0 Å². The molecule has 0 unspecified atom stereocenters. The van der Waals surface area contributed by atoms with Crippen LogP contribution < -0.4 is 0 Å². The lowest BCUT2D eigenvalue weighted by Crippen LogP contribution is -2.48. The maximum Gasteiger partial charge on any atom is 0.389 e. The Morgan fingerprint density at radius 2 is 1.70 bits per heavy atom. The molecule has 0 bridgehead atoms. The largest absolute Gasteiger partial charge is 0.392 e. The molecule has 2 rings (SSSR count). The highest BCUT2D eigenvalue weighted by atomic mass is 19.4. The summed E-state index contributed by atoms with van der Waals surface area (Å²) in [7, 11) is 0. The number of nitrogens with zero attached hydrogens (tertiary/aromatic N) is 2. The highest BCUT2D eigenvalue weighted by Crippen LogP contribution is 2.22. The van der Waals surface area contributed by atoms with Crippen molar-refractivity contribution in [1.29, 1.82) is 0 Å². The maximum absolute atomic E-state index is 12.2. The summed E-state index contributed by atoms with van der Waals surface area (Å²) in [5.74, 6) is -0.433. The third-order valence-electron chi connectivity index (χ3n) is 4.03. The van der Waals surface area contributed by atoms with E-state index in [4.69, 9.17) is 0 Å². The van der Waals surface area contributed by atoms with Crippen LogP contribution in [0.15, 0.2) is 24.3 Å². The van der Waals surface area contributed by atoms with Crippen LogP contribution in [0.4, 0.5) is 13.2 Å². The van der Waals surface area contributed by atoms with E-state index in [0.717, 1.165) is 11.1 Å². The molecule has 4 nitrogen and oxygen atoms in total. The summed E-state index contributed by atoms with van der Waals surface area (Å²) in [5.41, 5.74) is 1.91. The minimum atomic E-state index is -4.29. The molecule has 0 spiro atoms. The maximum atomic E-state index is 12.2. The molecule has 1 N–H and O–H groups in total. The van der Waals surface area contributed by atoms with Crippen LogP contribution in [0.2, 0.25) is 0 Å². The van der Waals surface area contributed by atoms with Crippen LogP contribution >= 0.6 is 0 Å². The fraction of sp³-hybridized carbons (Fsp3) is 0.562. The van der Waals surface area contributed by atoms with E-state index in [0.29, 0.717) is 32.7 Å². The molecule has 0 atom stereocenters. The Hall–Kier alpha value is -1.60. The van der Waals surface area contributed by atoms with Crippen molar-refractivity contribution >= 4 is 5.91 Å². The number of aliphatic hydroxyl groups is 1. The van der Waals surface area contributed by atoms with E-state index in [9.17, 15) is 23.1 Å². The summed E-state index contributed by atoms with van der Waals surface area (Å²) in [5, 5.41) is 9.32. The second-order valence-corrected chi connectivity index (χ2v) is 5.70. The van der Waals surface area contributed by atoms with Crippen LogP contribution in [-0.2, 0) is 17.9 Å². The zero-order valence-corrected chi connectivity index (χ0v) is 12.9. The summed E-state index contributed by atoms with van der Waals surface area (Å²) >= 11 is 0. The Bertz CT molecular complexity index is 526. The molecule has 0 saturated carbocycles. The molecular weight excluding hydrogens is 309 g/mol. The van der Waals surface area contributed by atoms with Gasteiger partial charge in [-0.3, -0.25) is 9.69 Å². The number of alkyl halides is 3. The minimum absolute atomic E-state index is 0.0218. The van der Waals surface area contributed by atoms with Gasteiger partial charge in [-0.25, -0.2) is 0 Å². The first-order valence-electron chi connectivity index (χ1n) is 7.63. The van der Waals surface area contributed by atoms with E-state index in [2.05, 4.69) is 4.90 Å². The summed E-state index contributed by atoms with van der Waals surface area (Å²) in [6.07, 6.45) is -5.82. The van der Waals surface area contributed by atoms with Crippen LogP contribution in [0.3, 0.4) is 0 Å². The van der Waals surface area contributed by atoms with Crippen LogP contribution in [0.25, 0.3) is 0 Å². The number of benzene rings is 1. The number of amides is 1. The van der Waals surface area contributed by atoms with Crippen molar-refractivity contribution < 1.29 is 23.1 Å². The van der Waals surface area contributed by atoms with Gasteiger partial charge in [0.15, 0.2) is 0 Å². The Labute approximate surface area is 133 Å². The summed E-state index contributed by atoms with van der Waals surface area (Å²) in [4.78, 5) is 15.4. The van der Waals surface area contributed by atoms with Gasteiger partial charge in [-0.15, -0.1) is 0 Å². The SMILES string of the molecule is O=C(CCC(F)(F)F)N1CCN(Cc2ccccc2CO)CC1. The van der Waals surface area contributed by atoms with Crippen molar-refractivity contribution in [2.75, 3.05) is 26.2 Å². The van der Waals surface area contributed by atoms with E-state index < -0.39 is 24.9 Å². The van der Waals surface area contributed by atoms with Crippen LogP contribution in [0, 0.1) is 0 Å². The van der Waals surface area contributed by atoms with Crippen molar-refractivity contribution in [3.05, 3.63) is 35.4 Å². The van der Waals surface area contributed by atoms with Crippen molar-refractivity contribution in [3.8, 4) is 0 Å². The fourth-order valence-corrected chi connectivity index (χ4v) is 2.67. The van der Waals surface area contributed by atoms with Gasteiger partial charge in [-0.05, 0) is 11.1 Å². The van der Waals surface area contributed by atoms with Gasteiger partial charge in [0, 0.05) is 39.1 Å². The van der Waals surface area contributed by atoms with Gasteiger partial charge in [0.2, 0.25) is 5.91 Å². The van der Waals surface area contributed by atoms with Gasteiger partial charge in [0.05, 0.1) is 13.0 Å². The smallest absolute Gasteiger partial charge is 0.389 e. The summed E-state index contributed by atoms with van der Waals surface area (Å²) in [6, 6.07) is 7.59. The number of hydrogen-bond donors (Lipinski definition) is 1. The minimum Gasteiger partial charge on any atom is -0.392 e. The van der Waals surface area contributed by atoms with Crippen molar-refractivity contribution in [3.63, 3.8) is 0 Å².